The first-order valence-electron chi connectivity index (χ1n) is 13.1. The van der Waals surface area contributed by atoms with Crippen molar-refractivity contribution in [2.24, 2.45) is 16.7 Å². The first kappa shape index (κ1) is 21.8. The van der Waals surface area contributed by atoms with E-state index in [4.69, 9.17) is 9.97 Å². The summed E-state index contributed by atoms with van der Waals surface area (Å²) in [5, 5.41) is 14.3. The molecule has 1 spiro atoms. The smallest absolute Gasteiger partial charge is 0.227 e. The molecule has 3 aliphatic heterocycles. The highest BCUT2D eigenvalue weighted by Crippen LogP contribution is 2.51. The SMILES string of the molecule is Cc1cc2cnc(Nc3ccc(N4CC5(CN(C)C5)C4)cc3)nc2c(N2CCC(C#N)(C3CC3)C2)n1. The minimum Gasteiger partial charge on any atom is -0.370 e. The summed E-state index contributed by atoms with van der Waals surface area (Å²) in [6.07, 6.45) is 5.13. The molecule has 1 aliphatic carbocycles. The van der Waals surface area contributed by atoms with Crippen molar-refractivity contribution < 1.29 is 0 Å². The zero-order valence-electron chi connectivity index (χ0n) is 21.0. The topological polar surface area (TPSA) is 84.2 Å². The van der Waals surface area contributed by atoms with Crippen molar-refractivity contribution in [1.82, 2.24) is 19.9 Å². The van der Waals surface area contributed by atoms with Crippen LogP contribution >= 0.6 is 0 Å². The number of aryl methyl sites for hydroxylation is 1. The van der Waals surface area contributed by atoms with Gasteiger partial charge in [0.1, 0.15) is 5.52 Å². The molecule has 5 heterocycles. The van der Waals surface area contributed by atoms with Gasteiger partial charge in [-0.25, -0.2) is 15.0 Å². The Morgan fingerprint density at radius 1 is 1.03 bits per heavy atom. The normalized spacial score (nSPS) is 25.0. The van der Waals surface area contributed by atoms with Gasteiger partial charge in [0.2, 0.25) is 5.95 Å². The molecule has 4 fully saturated rings. The van der Waals surface area contributed by atoms with Crippen LogP contribution in [0.1, 0.15) is 25.0 Å². The van der Waals surface area contributed by atoms with Gasteiger partial charge < -0.3 is 20.0 Å². The summed E-state index contributed by atoms with van der Waals surface area (Å²) >= 11 is 0. The molecule has 3 aromatic rings. The summed E-state index contributed by atoms with van der Waals surface area (Å²) in [6.45, 7) is 8.33. The fourth-order valence-electron chi connectivity index (χ4n) is 6.73. The maximum absolute atomic E-state index is 9.95. The van der Waals surface area contributed by atoms with Gasteiger partial charge in [-0.05, 0) is 69.5 Å². The van der Waals surface area contributed by atoms with E-state index in [1.807, 2.05) is 19.2 Å². The Bertz CT molecular complexity index is 1360. The molecule has 184 valence electrons. The zero-order chi connectivity index (χ0) is 24.5. The van der Waals surface area contributed by atoms with Crippen molar-refractivity contribution in [3.8, 4) is 6.07 Å². The molecule has 0 bridgehead atoms. The molecule has 7 rings (SSSR count). The van der Waals surface area contributed by atoms with Crippen LogP contribution in [-0.4, -0.2) is 66.2 Å². The number of nitriles is 1. The van der Waals surface area contributed by atoms with E-state index in [0.29, 0.717) is 17.3 Å². The second-order valence-corrected chi connectivity index (χ2v) is 11.6. The Morgan fingerprint density at radius 2 is 1.81 bits per heavy atom. The van der Waals surface area contributed by atoms with Crippen LogP contribution in [0.15, 0.2) is 36.5 Å². The molecule has 4 aliphatic rings. The number of nitrogens with one attached hydrogen (secondary N) is 1. The molecule has 1 saturated carbocycles. The van der Waals surface area contributed by atoms with Crippen molar-refractivity contribution in [2.45, 2.75) is 26.2 Å². The number of hydrogen-bond donors (Lipinski definition) is 1. The van der Waals surface area contributed by atoms with E-state index < -0.39 is 0 Å². The van der Waals surface area contributed by atoms with E-state index in [2.05, 4.69) is 62.4 Å². The number of likely N-dealkylation sites (tertiary alicyclic amines) is 1. The first-order chi connectivity index (χ1) is 17.4. The molecule has 0 radical (unpaired) electrons. The Hall–Kier alpha value is -3.44. The van der Waals surface area contributed by atoms with Gasteiger partial charge >= 0.3 is 0 Å². The fourth-order valence-corrected chi connectivity index (χ4v) is 6.73. The summed E-state index contributed by atoms with van der Waals surface area (Å²) in [7, 11) is 2.20. The van der Waals surface area contributed by atoms with Crippen LogP contribution in [0, 0.1) is 35.0 Å². The Labute approximate surface area is 212 Å². The summed E-state index contributed by atoms with van der Waals surface area (Å²) in [5.74, 6) is 1.97. The second kappa shape index (κ2) is 7.78. The standard InChI is InChI=1S/C28H32N8/c1-19-11-20-12-30-26(32-22-5-7-23(8-6-22)36-16-27(17-36)14-34(2)15-27)33-24(20)25(31-19)35-10-9-28(13-29,18-35)21-3-4-21/h5-8,11-12,21H,3-4,9-10,14-18H2,1-2H3,(H,30,32,33). The molecule has 1 aromatic carbocycles. The van der Waals surface area contributed by atoms with Crippen molar-refractivity contribution in [1.29, 1.82) is 5.26 Å². The molecule has 1 atom stereocenters. The molecule has 1 N–H and O–H groups in total. The third-order valence-electron chi connectivity index (χ3n) is 8.61. The average Bonchev–Trinajstić information content (AvgIpc) is 3.61. The highest BCUT2D eigenvalue weighted by Gasteiger charge is 2.51. The van der Waals surface area contributed by atoms with Crippen molar-refractivity contribution in [3.05, 3.63) is 42.2 Å². The number of pyridine rings is 1. The Morgan fingerprint density at radius 3 is 2.50 bits per heavy atom. The van der Waals surface area contributed by atoms with Gasteiger partial charge in [0.05, 0.1) is 11.5 Å². The third kappa shape index (κ3) is 3.56. The van der Waals surface area contributed by atoms with E-state index in [1.165, 1.54) is 31.6 Å². The first-order valence-corrected chi connectivity index (χ1v) is 13.1. The van der Waals surface area contributed by atoms with Crippen molar-refractivity contribution in [3.63, 3.8) is 0 Å². The van der Waals surface area contributed by atoms with E-state index in [0.717, 1.165) is 60.7 Å². The molecule has 0 amide bonds. The van der Waals surface area contributed by atoms with Gasteiger partial charge in [0.15, 0.2) is 5.82 Å². The Kier molecular flexibility index (Phi) is 4.71. The lowest BCUT2D eigenvalue weighted by Gasteiger charge is -2.60. The molecule has 3 saturated heterocycles. The summed E-state index contributed by atoms with van der Waals surface area (Å²) in [6, 6.07) is 13.3. The summed E-state index contributed by atoms with van der Waals surface area (Å²) in [4.78, 5) is 21.5. The molecular weight excluding hydrogens is 448 g/mol. The van der Waals surface area contributed by atoms with Crippen LogP contribution in [-0.2, 0) is 0 Å². The van der Waals surface area contributed by atoms with Crippen LogP contribution < -0.4 is 15.1 Å². The second-order valence-electron chi connectivity index (χ2n) is 11.6. The lowest BCUT2D eigenvalue weighted by Crippen LogP contribution is -2.71. The predicted octanol–water partition coefficient (Wildman–Crippen LogP) is 3.96. The molecule has 36 heavy (non-hydrogen) atoms. The highest BCUT2D eigenvalue weighted by atomic mass is 15.3. The van der Waals surface area contributed by atoms with Gasteiger partial charge in [-0.2, -0.15) is 5.26 Å². The fraction of sp³-hybridized carbons (Fsp3) is 0.500. The number of fused-ring (bicyclic) bond motifs is 1. The molecular formula is C28H32N8. The minimum absolute atomic E-state index is 0.238. The van der Waals surface area contributed by atoms with E-state index in [1.54, 1.807) is 0 Å². The van der Waals surface area contributed by atoms with Gasteiger partial charge in [-0.3, -0.25) is 0 Å². The number of aromatic nitrogens is 3. The quantitative estimate of drug-likeness (QED) is 0.588. The largest absolute Gasteiger partial charge is 0.370 e. The van der Waals surface area contributed by atoms with Crippen molar-refractivity contribution >= 4 is 34.0 Å². The maximum Gasteiger partial charge on any atom is 0.227 e. The zero-order valence-corrected chi connectivity index (χ0v) is 21.0. The Balaban J connectivity index is 1.10. The van der Waals surface area contributed by atoms with E-state index >= 15 is 0 Å². The number of hydrogen-bond acceptors (Lipinski definition) is 8. The molecule has 2 aromatic heterocycles. The molecule has 8 heteroatoms. The minimum atomic E-state index is -0.238. The van der Waals surface area contributed by atoms with Gasteiger partial charge in [0.25, 0.3) is 0 Å². The van der Waals surface area contributed by atoms with Crippen LogP contribution in [0.25, 0.3) is 10.9 Å². The molecule has 1 unspecified atom stereocenters. The number of nitrogens with zero attached hydrogens (tertiary/aromatic N) is 7. The number of rotatable bonds is 5. The average molecular weight is 481 g/mol. The molecule has 8 nitrogen and oxygen atoms in total. The lowest BCUT2D eigenvalue weighted by atomic mass is 9.73. The monoisotopic (exact) mass is 480 g/mol. The number of benzene rings is 1. The number of anilines is 4. The van der Waals surface area contributed by atoms with Gasteiger partial charge in [-0.1, -0.05) is 0 Å². The summed E-state index contributed by atoms with van der Waals surface area (Å²) in [5.41, 5.74) is 4.31. The van der Waals surface area contributed by atoms with E-state index in [-0.39, 0.29) is 5.41 Å². The lowest BCUT2D eigenvalue weighted by molar-refractivity contribution is -0.00238. The third-order valence-corrected chi connectivity index (χ3v) is 8.61. The van der Waals surface area contributed by atoms with E-state index in [9.17, 15) is 5.26 Å². The van der Waals surface area contributed by atoms with Crippen LogP contribution in [0.3, 0.4) is 0 Å². The summed E-state index contributed by atoms with van der Waals surface area (Å²) < 4.78 is 0. The van der Waals surface area contributed by atoms with Crippen LogP contribution in [0.2, 0.25) is 0 Å². The van der Waals surface area contributed by atoms with Crippen molar-refractivity contribution in [2.75, 3.05) is 61.4 Å². The van der Waals surface area contributed by atoms with Gasteiger partial charge in [-0.15, -0.1) is 0 Å². The van der Waals surface area contributed by atoms with Crippen LogP contribution in [0.4, 0.5) is 23.1 Å². The maximum atomic E-state index is 9.95. The highest BCUT2D eigenvalue weighted by molar-refractivity contribution is 5.89. The predicted molar refractivity (Wildman–Crippen MR) is 142 cm³/mol. The van der Waals surface area contributed by atoms with Crippen LogP contribution in [0.5, 0.6) is 0 Å². The van der Waals surface area contributed by atoms with Gasteiger partial charge in [0, 0.05) is 73.3 Å².